The molecule has 1 heterocycles. The van der Waals surface area contributed by atoms with Gasteiger partial charge in [-0.05, 0) is 49.6 Å². The van der Waals surface area contributed by atoms with Crippen LogP contribution in [0.3, 0.4) is 0 Å². The molecule has 1 fully saturated rings. The number of carbonyl (C=O) groups is 1. The first-order chi connectivity index (χ1) is 13.0. The Morgan fingerprint density at radius 2 is 1.89 bits per heavy atom. The molecule has 4 nitrogen and oxygen atoms in total. The lowest BCUT2D eigenvalue weighted by atomic mass is 10.1. The van der Waals surface area contributed by atoms with Crippen molar-refractivity contribution >= 4 is 55.8 Å². The zero-order valence-electron chi connectivity index (χ0n) is 14.1. The number of aromatic nitrogens is 1. The van der Waals surface area contributed by atoms with Gasteiger partial charge in [-0.2, -0.15) is 0 Å². The molecule has 0 radical (unpaired) electrons. The summed E-state index contributed by atoms with van der Waals surface area (Å²) < 4.78 is 14.2. The molecule has 0 spiro atoms. The van der Waals surface area contributed by atoms with E-state index in [1.165, 1.54) is 23.5 Å². The molecule has 0 aliphatic heterocycles. The number of benzene rings is 2. The summed E-state index contributed by atoms with van der Waals surface area (Å²) in [5, 5.41) is 7.81. The Labute approximate surface area is 169 Å². The summed E-state index contributed by atoms with van der Waals surface area (Å²) in [6, 6.07) is 9.52. The average molecular weight is 424 g/mol. The van der Waals surface area contributed by atoms with Crippen LogP contribution in [0.1, 0.15) is 29.6 Å². The Morgan fingerprint density at radius 3 is 2.67 bits per heavy atom. The number of carbonyl (C=O) groups excluding carboxylic acids is 1. The third-order valence-corrected chi connectivity index (χ3v) is 6.26. The van der Waals surface area contributed by atoms with Crippen molar-refractivity contribution in [3.8, 4) is 0 Å². The van der Waals surface area contributed by atoms with E-state index in [-0.39, 0.29) is 23.8 Å². The molecule has 3 aromatic rings. The first-order valence-electron chi connectivity index (χ1n) is 8.59. The largest absolute Gasteiger partial charge is 0.357 e. The van der Waals surface area contributed by atoms with Crippen LogP contribution in [0.4, 0.5) is 9.52 Å². The van der Waals surface area contributed by atoms with Crippen molar-refractivity contribution in [1.82, 2.24) is 10.3 Å². The van der Waals surface area contributed by atoms with Gasteiger partial charge >= 0.3 is 0 Å². The highest BCUT2D eigenvalue weighted by atomic mass is 35.5. The van der Waals surface area contributed by atoms with Crippen molar-refractivity contribution < 1.29 is 9.18 Å². The van der Waals surface area contributed by atoms with E-state index in [1.807, 2.05) is 0 Å². The monoisotopic (exact) mass is 423 g/mol. The minimum absolute atomic E-state index is 0.0422. The summed E-state index contributed by atoms with van der Waals surface area (Å²) in [4.78, 5) is 17.2. The van der Waals surface area contributed by atoms with Crippen LogP contribution < -0.4 is 10.6 Å². The fourth-order valence-electron chi connectivity index (χ4n) is 3.38. The molecule has 140 valence electrons. The third kappa shape index (κ3) is 3.88. The Balaban J connectivity index is 1.49. The summed E-state index contributed by atoms with van der Waals surface area (Å²) in [7, 11) is 0. The van der Waals surface area contributed by atoms with Crippen LogP contribution in [0.15, 0.2) is 36.4 Å². The van der Waals surface area contributed by atoms with Crippen LogP contribution in [0.25, 0.3) is 10.2 Å². The zero-order chi connectivity index (χ0) is 19.0. The van der Waals surface area contributed by atoms with Gasteiger partial charge in [0, 0.05) is 12.1 Å². The van der Waals surface area contributed by atoms with E-state index in [0.29, 0.717) is 15.6 Å². The van der Waals surface area contributed by atoms with Crippen molar-refractivity contribution in [3.05, 3.63) is 57.8 Å². The second-order valence-electron chi connectivity index (χ2n) is 6.49. The van der Waals surface area contributed by atoms with Crippen LogP contribution in [-0.4, -0.2) is 23.0 Å². The lowest BCUT2D eigenvalue weighted by Crippen LogP contribution is -2.43. The Bertz CT molecular complexity index is 990. The highest BCUT2D eigenvalue weighted by Crippen LogP contribution is 2.31. The van der Waals surface area contributed by atoms with Crippen LogP contribution >= 0.6 is 34.5 Å². The molecule has 2 atom stereocenters. The van der Waals surface area contributed by atoms with Gasteiger partial charge < -0.3 is 10.6 Å². The summed E-state index contributed by atoms with van der Waals surface area (Å²) >= 11 is 13.7. The van der Waals surface area contributed by atoms with Crippen molar-refractivity contribution in [1.29, 1.82) is 0 Å². The van der Waals surface area contributed by atoms with Gasteiger partial charge in [-0.1, -0.05) is 40.6 Å². The summed E-state index contributed by atoms with van der Waals surface area (Å²) in [5.41, 5.74) is 1.05. The second kappa shape index (κ2) is 7.62. The number of halogens is 3. The van der Waals surface area contributed by atoms with E-state index in [4.69, 9.17) is 23.2 Å². The normalized spacial score (nSPS) is 19.4. The summed E-state index contributed by atoms with van der Waals surface area (Å²) in [6.07, 6.45) is 2.74. The second-order valence-corrected chi connectivity index (χ2v) is 8.33. The number of hydrogen-bond donors (Lipinski definition) is 2. The fraction of sp³-hybridized carbons (Fsp3) is 0.263. The van der Waals surface area contributed by atoms with Crippen molar-refractivity contribution in [2.75, 3.05) is 5.32 Å². The van der Waals surface area contributed by atoms with Gasteiger partial charge in [-0.15, -0.1) is 0 Å². The van der Waals surface area contributed by atoms with Crippen LogP contribution in [0, 0.1) is 5.82 Å². The van der Waals surface area contributed by atoms with E-state index in [2.05, 4.69) is 15.6 Å². The van der Waals surface area contributed by atoms with Gasteiger partial charge in [-0.3, -0.25) is 4.79 Å². The van der Waals surface area contributed by atoms with Crippen molar-refractivity contribution in [2.24, 2.45) is 0 Å². The quantitative estimate of drug-likeness (QED) is 0.581. The number of anilines is 1. The predicted molar refractivity (Wildman–Crippen MR) is 109 cm³/mol. The van der Waals surface area contributed by atoms with Crippen molar-refractivity contribution in [3.63, 3.8) is 0 Å². The predicted octanol–water partition coefficient (Wildman–Crippen LogP) is 5.51. The molecule has 1 saturated carbocycles. The molecule has 0 unspecified atom stereocenters. The number of nitrogens with one attached hydrogen (secondary N) is 2. The number of amides is 1. The average Bonchev–Trinajstić information content (AvgIpc) is 3.21. The van der Waals surface area contributed by atoms with E-state index < -0.39 is 0 Å². The van der Waals surface area contributed by atoms with Gasteiger partial charge in [0.2, 0.25) is 0 Å². The smallest absolute Gasteiger partial charge is 0.254 e. The first kappa shape index (κ1) is 18.5. The Morgan fingerprint density at radius 1 is 1.15 bits per heavy atom. The van der Waals surface area contributed by atoms with Crippen molar-refractivity contribution in [2.45, 2.75) is 31.3 Å². The molecule has 4 rings (SSSR count). The van der Waals surface area contributed by atoms with E-state index >= 15 is 0 Å². The lowest BCUT2D eigenvalue weighted by molar-refractivity contribution is 0.0936. The highest BCUT2D eigenvalue weighted by molar-refractivity contribution is 7.22. The maximum absolute atomic E-state index is 13.4. The molecule has 0 saturated heterocycles. The minimum atomic E-state index is -0.282. The molecule has 1 amide bonds. The minimum Gasteiger partial charge on any atom is -0.357 e. The Hall–Kier alpha value is -1.89. The maximum atomic E-state index is 13.4. The lowest BCUT2D eigenvalue weighted by Gasteiger charge is -2.22. The molecule has 2 aromatic carbocycles. The highest BCUT2D eigenvalue weighted by Gasteiger charge is 2.30. The molecule has 27 heavy (non-hydrogen) atoms. The molecule has 1 aromatic heterocycles. The molecule has 8 heteroatoms. The molecule has 2 N–H and O–H groups in total. The number of thiazole rings is 1. The standard InChI is InChI=1S/C19H16Cl2FN3OS/c20-11-3-1-4-12(21)17(11)18(26)23-13-5-2-6-14(13)24-19-25-15-8-7-10(22)9-16(15)27-19/h1,3-4,7-9,13-14H,2,5-6H2,(H,23,26)(H,24,25)/t13-,14+/m0/s1. The molecular weight excluding hydrogens is 408 g/mol. The van der Waals surface area contributed by atoms with E-state index in [9.17, 15) is 9.18 Å². The molecule has 0 bridgehead atoms. The summed E-state index contributed by atoms with van der Waals surface area (Å²) in [5.74, 6) is -0.559. The number of rotatable bonds is 4. The first-order valence-corrected chi connectivity index (χ1v) is 10.2. The molecule has 1 aliphatic carbocycles. The topological polar surface area (TPSA) is 54.0 Å². The van der Waals surface area contributed by atoms with Gasteiger partial charge in [-0.25, -0.2) is 9.37 Å². The summed E-state index contributed by atoms with van der Waals surface area (Å²) in [6.45, 7) is 0. The Kier molecular flexibility index (Phi) is 5.21. The fourth-order valence-corrected chi connectivity index (χ4v) is 4.90. The van der Waals surface area contributed by atoms with Crippen LogP contribution in [0.5, 0.6) is 0 Å². The van der Waals surface area contributed by atoms with Gasteiger partial charge in [0.05, 0.1) is 25.8 Å². The third-order valence-electron chi connectivity index (χ3n) is 4.68. The SMILES string of the molecule is O=C(N[C@H]1CCC[C@H]1Nc1nc2ccc(F)cc2s1)c1c(Cl)cccc1Cl. The molecule has 1 aliphatic rings. The molecular formula is C19H16Cl2FN3OS. The van der Waals surface area contributed by atoms with Gasteiger partial charge in [0.25, 0.3) is 5.91 Å². The van der Waals surface area contributed by atoms with E-state index in [1.54, 1.807) is 24.3 Å². The zero-order valence-corrected chi connectivity index (χ0v) is 16.5. The number of fused-ring (bicyclic) bond motifs is 1. The van der Waals surface area contributed by atoms with Crippen LogP contribution in [-0.2, 0) is 0 Å². The van der Waals surface area contributed by atoms with Crippen LogP contribution in [0.2, 0.25) is 10.0 Å². The van der Waals surface area contributed by atoms with E-state index in [0.717, 1.165) is 34.6 Å². The number of hydrogen-bond acceptors (Lipinski definition) is 4. The number of nitrogens with zero attached hydrogens (tertiary/aromatic N) is 1. The van der Waals surface area contributed by atoms with Gasteiger partial charge in [0.1, 0.15) is 5.82 Å². The maximum Gasteiger partial charge on any atom is 0.254 e. The van der Waals surface area contributed by atoms with Gasteiger partial charge in [0.15, 0.2) is 5.13 Å².